The Morgan fingerprint density at radius 3 is 2.83 bits per heavy atom. The molecule has 1 aliphatic heterocycles. The number of hydrogen-bond acceptors (Lipinski definition) is 5. The number of nitrogens with zero attached hydrogens (tertiary/aromatic N) is 4. The highest BCUT2D eigenvalue weighted by atomic mass is 35.5. The fourth-order valence-electron chi connectivity index (χ4n) is 2.63. The molecule has 120 valence electrons. The van der Waals surface area contributed by atoms with Crippen LogP contribution in [0, 0.1) is 5.82 Å². The first-order valence-corrected chi connectivity index (χ1v) is 7.98. The second-order valence-electron chi connectivity index (χ2n) is 5.25. The van der Waals surface area contributed by atoms with E-state index in [0.717, 1.165) is 41.0 Å². The summed E-state index contributed by atoms with van der Waals surface area (Å²) in [4.78, 5) is 4.64. The lowest BCUT2D eigenvalue weighted by Crippen LogP contribution is -2.32. The van der Waals surface area contributed by atoms with Crippen molar-refractivity contribution in [1.29, 1.82) is 0 Å². The van der Waals surface area contributed by atoms with Gasteiger partial charge < -0.3 is 9.88 Å². The van der Waals surface area contributed by atoms with Gasteiger partial charge in [0, 0.05) is 24.0 Å². The zero-order valence-corrected chi connectivity index (χ0v) is 14.0. The molecule has 3 heterocycles. The summed E-state index contributed by atoms with van der Waals surface area (Å²) >= 11 is 1.53. The zero-order chi connectivity index (χ0) is 15.1. The Hall–Kier alpha value is -1.83. The number of aromatic nitrogens is 4. The van der Waals surface area contributed by atoms with Crippen molar-refractivity contribution in [2.75, 3.05) is 6.54 Å². The van der Waals surface area contributed by atoms with Crippen LogP contribution in [0.4, 0.5) is 4.39 Å². The number of nitrogens with one attached hydrogen (secondary N) is 1. The Bertz CT molecular complexity index is 814. The fourth-order valence-corrected chi connectivity index (χ4v) is 3.44. The average Bonchev–Trinajstić information content (AvgIpc) is 3.15. The van der Waals surface area contributed by atoms with E-state index in [1.807, 2.05) is 5.38 Å². The molecule has 1 unspecified atom stereocenters. The molecule has 0 spiro atoms. The van der Waals surface area contributed by atoms with Crippen LogP contribution in [0.2, 0.25) is 0 Å². The summed E-state index contributed by atoms with van der Waals surface area (Å²) in [6.45, 7) is 3.81. The first-order chi connectivity index (χ1) is 10.7. The van der Waals surface area contributed by atoms with Gasteiger partial charge in [-0.05, 0) is 31.2 Å². The van der Waals surface area contributed by atoms with Crippen LogP contribution in [-0.4, -0.2) is 26.3 Å². The monoisotopic (exact) mass is 351 g/mol. The highest BCUT2D eigenvalue weighted by molar-refractivity contribution is 7.13. The summed E-state index contributed by atoms with van der Waals surface area (Å²) in [5.41, 5.74) is 1.73. The van der Waals surface area contributed by atoms with E-state index < -0.39 is 0 Å². The molecule has 0 fully saturated rings. The molecule has 0 amide bonds. The van der Waals surface area contributed by atoms with Gasteiger partial charge in [0.2, 0.25) is 0 Å². The smallest absolute Gasteiger partial charge is 0.183 e. The van der Waals surface area contributed by atoms with Crippen molar-refractivity contribution in [3.63, 3.8) is 0 Å². The molecule has 1 atom stereocenters. The number of thiazole rings is 1. The van der Waals surface area contributed by atoms with Gasteiger partial charge in [0.25, 0.3) is 0 Å². The highest BCUT2D eigenvalue weighted by Crippen LogP contribution is 2.29. The molecule has 3 aromatic rings. The molecule has 0 bridgehead atoms. The first-order valence-electron chi connectivity index (χ1n) is 7.10. The quantitative estimate of drug-likeness (QED) is 0.769. The van der Waals surface area contributed by atoms with E-state index in [1.165, 1.54) is 23.5 Å². The molecule has 0 saturated heterocycles. The SMILES string of the molecule is CC1NCCn2c(-c3csc(-c4ccc(F)cc4)n3)nnc21.Cl. The second-order valence-corrected chi connectivity index (χ2v) is 6.11. The number of rotatable bonds is 2. The number of hydrogen-bond donors (Lipinski definition) is 1. The summed E-state index contributed by atoms with van der Waals surface area (Å²) in [6.07, 6.45) is 0. The van der Waals surface area contributed by atoms with Crippen LogP contribution in [0.15, 0.2) is 29.6 Å². The third kappa shape index (κ3) is 2.87. The Labute approximate surface area is 143 Å². The summed E-state index contributed by atoms with van der Waals surface area (Å²) in [7, 11) is 0. The Morgan fingerprint density at radius 1 is 1.26 bits per heavy atom. The zero-order valence-electron chi connectivity index (χ0n) is 12.4. The Balaban J connectivity index is 0.00000156. The van der Waals surface area contributed by atoms with Gasteiger partial charge in [0.1, 0.15) is 22.3 Å². The van der Waals surface area contributed by atoms with Crippen molar-refractivity contribution < 1.29 is 4.39 Å². The van der Waals surface area contributed by atoms with Crippen molar-refractivity contribution in [2.45, 2.75) is 19.5 Å². The highest BCUT2D eigenvalue weighted by Gasteiger charge is 2.23. The topological polar surface area (TPSA) is 55.6 Å². The molecule has 0 radical (unpaired) electrons. The van der Waals surface area contributed by atoms with Crippen molar-refractivity contribution >= 4 is 23.7 Å². The number of benzene rings is 1. The number of halogens is 2. The van der Waals surface area contributed by atoms with Gasteiger partial charge >= 0.3 is 0 Å². The lowest BCUT2D eigenvalue weighted by Gasteiger charge is -2.21. The minimum atomic E-state index is -0.242. The summed E-state index contributed by atoms with van der Waals surface area (Å²) in [5, 5.41) is 14.8. The molecule has 1 aliphatic rings. The van der Waals surface area contributed by atoms with Gasteiger partial charge in [0.05, 0.1) is 6.04 Å². The van der Waals surface area contributed by atoms with Crippen LogP contribution in [0.1, 0.15) is 18.8 Å². The Morgan fingerprint density at radius 2 is 2.04 bits per heavy atom. The largest absolute Gasteiger partial charge is 0.307 e. The Kier molecular flexibility index (Phi) is 4.43. The van der Waals surface area contributed by atoms with Crippen molar-refractivity contribution in [3.05, 3.63) is 41.3 Å². The van der Waals surface area contributed by atoms with Crippen LogP contribution in [0.25, 0.3) is 22.1 Å². The van der Waals surface area contributed by atoms with E-state index in [2.05, 4.69) is 32.0 Å². The maximum Gasteiger partial charge on any atom is 0.183 e. The van der Waals surface area contributed by atoms with E-state index >= 15 is 0 Å². The molecule has 2 aromatic heterocycles. The molecule has 1 aromatic carbocycles. The summed E-state index contributed by atoms with van der Waals surface area (Å²) in [5.74, 6) is 1.50. The molecule has 8 heteroatoms. The molecule has 4 rings (SSSR count). The molecule has 1 N–H and O–H groups in total. The van der Waals surface area contributed by atoms with E-state index in [4.69, 9.17) is 0 Å². The van der Waals surface area contributed by atoms with Gasteiger partial charge in [-0.2, -0.15) is 0 Å². The van der Waals surface area contributed by atoms with Crippen molar-refractivity contribution in [1.82, 2.24) is 25.1 Å². The standard InChI is InChI=1S/C15H14FN5S.ClH/c1-9-13-19-20-14(21(13)7-6-17-9)12-8-22-15(18-12)10-2-4-11(16)5-3-10;/h2-5,8-9,17H,6-7H2,1H3;1H. The average molecular weight is 352 g/mol. The molecular weight excluding hydrogens is 337 g/mol. The normalized spacial score (nSPS) is 16.7. The van der Waals surface area contributed by atoms with Crippen LogP contribution in [0.3, 0.4) is 0 Å². The predicted molar refractivity (Wildman–Crippen MR) is 90.2 cm³/mol. The van der Waals surface area contributed by atoms with E-state index in [9.17, 15) is 4.39 Å². The fraction of sp³-hybridized carbons (Fsp3) is 0.267. The second kappa shape index (κ2) is 6.35. The molecule has 0 saturated carbocycles. The van der Waals surface area contributed by atoms with Gasteiger partial charge in [-0.15, -0.1) is 33.9 Å². The molecular formula is C15H15ClFN5S. The predicted octanol–water partition coefficient (Wildman–Crippen LogP) is 3.29. The molecule has 5 nitrogen and oxygen atoms in total. The van der Waals surface area contributed by atoms with Crippen molar-refractivity contribution in [3.8, 4) is 22.1 Å². The van der Waals surface area contributed by atoms with E-state index in [0.29, 0.717) is 0 Å². The van der Waals surface area contributed by atoms with E-state index in [-0.39, 0.29) is 24.3 Å². The van der Waals surface area contributed by atoms with Crippen LogP contribution in [0.5, 0.6) is 0 Å². The maximum atomic E-state index is 13.0. The minimum absolute atomic E-state index is 0. The third-order valence-electron chi connectivity index (χ3n) is 3.78. The van der Waals surface area contributed by atoms with Crippen LogP contribution in [-0.2, 0) is 6.54 Å². The summed E-state index contributed by atoms with van der Waals surface area (Å²) in [6, 6.07) is 6.57. The molecule has 23 heavy (non-hydrogen) atoms. The minimum Gasteiger partial charge on any atom is -0.307 e. The van der Waals surface area contributed by atoms with Gasteiger partial charge in [-0.25, -0.2) is 9.37 Å². The number of fused-ring (bicyclic) bond motifs is 1. The van der Waals surface area contributed by atoms with Gasteiger partial charge in [-0.3, -0.25) is 0 Å². The van der Waals surface area contributed by atoms with Crippen LogP contribution >= 0.6 is 23.7 Å². The molecule has 0 aliphatic carbocycles. The van der Waals surface area contributed by atoms with Crippen LogP contribution < -0.4 is 5.32 Å². The van der Waals surface area contributed by atoms with Gasteiger partial charge in [0.15, 0.2) is 5.82 Å². The maximum absolute atomic E-state index is 13.0. The van der Waals surface area contributed by atoms with E-state index in [1.54, 1.807) is 12.1 Å². The van der Waals surface area contributed by atoms with Gasteiger partial charge in [-0.1, -0.05) is 0 Å². The first kappa shape index (κ1) is 16.0. The van der Waals surface area contributed by atoms with Crippen molar-refractivity contribution in [2.24, 2.45) is 0 Å². The summed E-state index contributed by atoms with van der Waals surface area (Å²) < 4.78 is 15.1. The lowest BCUT2D eigenvalue weighted by molar-refractivity contribution is 0.439. The lowest BCUT2D eigenvalue weighted by atomic mass is 10.2. The third-order valence-corrected chi connectivity index (χ3v) is 4.67.